The van der Waals surface area contributed by atoms with E-state index in [1.807, 2.05) is 11.0 Å². The van der Waals surface area contributed by atoms with Crippen molar-refractivity contribution in [3.05, 3.63) is 41.0 Å². The van der Waals surface area contributed by atoms with Crippen molar-refractivity contribution in [1.29, 1.82) is 5.26 Å². The highest BCUT2D eigenvalue weighted by molar-refractivity contribution is 7.23. The maximum absolute atomic E-state index is 16.9. The average Bonchev–Trinajstić information content (AvgIpc) is 3.64. The van der Waals surface area contributed by atoms with E-state index in [9.17, 15) is 32.3 Å². The van der Waals surface area contributed by atoms with Crippen LogP contribution in [0.25, 0.3) is 32.1 Å². The molecule has 3 saturated heterocycles. The zero-order chi connectivity index (χ0) is 33.5. The Morgan fingerprint density at radius 1 is 1.19 bits per heavy atom. The Balaban J connectivity index is 1.46. The molecule has 0 unspecified atom stereocenters. The van der Waals surface area contributed by atoms with Gasteiger partial charge in [-0.15, -0.1) is 11.3 Å². The van der Waals surface area contributed by atoms with Gasteiger partial charge in [-0.2, -0.15) is 28.4 Å². The number of thiophene rings is 1. The molecule has 3 aliphatic heterocycles. The normalized spacial score (nSPS) is 25.1. The zero-order valence-electron chi connectivity index (χ0n) is 25.2. The van der Waals surface area contributed by atoms with E-state index in [-0.39, 0.29) is 69.5 Å². The van der Waals surface area contributed by atoms with Crippen molar-refractivity contribution in [3.63, 3.8) is 0 Å². The third-order valence-corrected chi connectivity index (χ3v) is 10.6. The number of aromatic nitrogens is 2. The SMILES string of the molecule is C[C@@]1(O)CCCN(c2nc(OC[C@@]34CCCN3C[C@H](F)C4)nc3c(F)c(-c4ccc(F)c5sc(N)c(C#N)c45)c(C(F)(F)F)cc23)C1. The fourth-order valence-electron chi connectivity index (χ4n) is 7.54. The number of halogens is 6. The third-order valence-electron chi connectivity index (χ3n) is 9.60. The molecule has 0 amide bonds. The monoisotopic (exact) mass is 676 g/mol. The number of ether oxygens (including phenoxy) is 1. The van der Waals surface area contributed by atoms with Gasteiger partial charge in [0.15, 0.2) is 5.82 Å². The molecule has 248 valence electrons. The molecule has 15 heteroatoms. The number of nitriles is 1. The molecular weight excluding hydrogens is 646 g/mol. The minimum absolute atomic E-state index is 0.00279. The van der Waals surface area contributed by atoms with E-state index >= 15 is 4.39 Å². The van der Waals surface area contributed by atoms with Gasteiger partial charge >= 0.3 is 12.2 Å². The number of aliphatic hydroxyl groups is 1. The maximum Gasteiger partial charge on any atom is 0.417 e. The van der Waals surface area contributed by atoms with Crippen LogP contribution >= 0.6 is 11.3 Å². The summed E-state index contributed by atoms with van der Waals surface area (Å²) in [5.41, 5.74) is 0.682. The minimum atomic E-state index is -5.10. The van der Waals surface area contributed by atoms with Crippen molar-refractivity contribution in [1.82, 2.24) is 14.9 Å². The fraction of sp³-hybridized carbons (Fsp3) is 0.469. The van der Waals surface area contributed by atoms with Crippen molar-refractivity contribution in [2.24, 2.45) is 0 Å². The summed E-state index contributed by atoms with van der Waals surface area (Å²) in [6.07, 6.45) is -3.47. The van der Waals surface area contributed by atoms with Crippen molar-refractivity contribution >= 4 is 43.1 Å². The molecule has 2 aromatic carbocycles. The number of nitrogens with two attached hydrogens (primary N) is 1. The number of alkyl halides is 4. The highest BCUT2D eigenvalue weighted by Gasteiger charge is 2.49. The molecule has 3 N–H and O–H groups in total. The van der Waals surface area contributed by atoms with E-state index in [1.54, 1.807) is 11.8 Å². The summed E-state index contributed by atoms with van der Waals surface area (Å²) in [6, 6.07) is 4.14. The summed E-state index contributed by atoms with van der Waals surface area (Å²) in [5.74, 6) is -2.26. The third kappa shape index (κ3) is 5.30. The van der Waals surface area contributed by atoms with E-state index in [4.69, 9.17) is 10.5 Å². The highest BCUT2D eigenvalue weighted by atomic mass is 32.1. The Morgan fingerprint density at radius 3 is 2.68 bits per heavy atom. The quantitative estimate of drug-likeness (QED) is 0.229. The van der Waals surface area contributed by atoms with Crippen LogP contribution in [-0.4, -0.2) is 70.1 Å². The van der Waals surface area contributed by atoms with Gasteiger partial charge in [-0.25, -0.2) is 13.2 Å². The van der Waals surface area contributed by atoms with Crippen LogP contribution in [0.4, 0.5) is 37.2 Å². The summed E-state index contributed by atoms with van der Waals surface area (Å²) in [7, 11) is 0. The lowest BCUT2D eigenvalue weighted by atomic mass is 9.92. The molecule has 3 atom stereocenters. The fourth-order valence-corrected chi connectivity index (χ4v) is 8.49. The minimum Gasteiger partial charge on any atom is -0.461 e. The number of hydrogen-bond acceptors (Lipinski definition) is 9. The van der Waals surface area contributed by atoms with E-state index in [1.165, 1.54) is 0 Å². The molecule has 0 saturated carbocycles. The lowest BCUT2D eigenvalue weighted by Crippen LogP contribution is -2.46. The second-order valence-electron chi connectivity index (χ2n) is 13.0. The van der Waals surface area contributed by atoms with Crippen molar-refractivity contribution < 1.29 is 36.2 Å². The number of nitrogen functional groups attached to an aromatic ring is 1. The summed E-state index contributed by atoms with van der Waals surface area (Å²) < 4.78 is 96.6. The van der Waals surface area contributed by atoms with Gasteiger partial charge in [-0.3, -0.25) is 4.90 Å². The number of hydrogen-bond donors (Lipinski definition) is 2. The molecule has 5 heterocycles. The van der Waals surface area contributed by atoms with E-state index in [2.05, 4.69) is 9.97 Å². The largest absolute Gasteiger partial charge is 0.461 e. The second kappa shape index (κ2) is 11.1. The number of benzene rings is 2. The molecule has 3 fully saturated rings. The highest BCUT2D eigenvalue weighted by Crippen LogP contribution is 2.48. The van der Waals surface area contributed by atoms with E-state index in [0.717, 1.165) is 24.6 Å². The molecule has 4 aromatic rings. The molecule has 0 aliphatic carbocycles. The Labute approximate surface area is 269 Å². The Hall–Kier alpha value is -3.87. The molecule has 0 spiro atoms. The van der Waals surface area contributed by atoms with Gasteiger partial charge in [0.1, 0.15) is 41.0 Å². The number of piperidine rings is 1. The van der Waals surface area contributed by atoms with Gasteiger partial charge in [0.25, 0.3) is 0 Å². The number of anilines is 2. The smallest absolute Gasteiger partial charge is 0.417 e. The topological polar surface area (TPSA) is 112 Å². The van der Waals surface area contributed by atoms with Crippen molar-refractivity contribution in [3.8, 4) is 23.2 Å². The molecular formula is C32H30F6N6O2S. The van der Waals surface area contributed by atoms with Crippen LogP contribution < -0.4 is 15.4 Å². The van der Waals surface area contributed by atoms with Crippen molar-refractivity contribution in [2.45, 2.75) is 62.5 Å². The number of nitrogens with zero attached hydrogens (tertiary/aromatic N) is 5. The maximum atomic E-state index is 16.9. The van der Waals surface area contributed by atoms with Crippen LogP contribution in [0.5, 0.6) is 6.01 Å². The first-order chi connectivity index (χ1) is 22.2. The van der Waals surface area contributed by atoms with Crippen LogP contribution in [0.2, 0.25) is 0 Å². The molecule has 47 heavy (non-hydrogen) atoms. The summed E-state index contributed by atoms with van der Waals surface area (Å²) in [5, 5.41) is 20.0. The summed E-state index contributed by atoms with van der Waals surface area (Å²) in [4.78, 5) is 12.3. The average molecular weight is 677 g/mol. The van der Waals surface area contributed by atoms with Crippen molar-refractivity contribution in [2.75, 3.05) is 43.4 Å². The Bertz CT molecular complexity index is 1960. The van der Waals surface area contributed by atoms with Gasteiger partial charge in [0.2, 0.25) is 0 Å². The van der Waals surface area contributed by atoms with Crippen LogP contribution in [0, 0.1) is 23.0 Å². The summed E-state index contributed by atoms with van der Waals surface area (Å²) in [6.45, 7) is 2.86. The van der Waals surface area contributed by atoms with Crippen LogP contribution in [0.3, 0.4) is 0 Å². The lowest BCUT2D eigenvalue weighted by Gasteiger charge is -2.38. The summed E-state index contributed by atoms with van der Waals surface area (Å²) >= 11 is 0.681. The number of fused-ring (bicyclic) bond motifs is 3. The van der Waals surface area contributed by atoms with E-state index < -0.39 is 51.8 Å². The molecule has 0 radical (unpaired) electrons. The standard InChI is InChI=1S/C32H30F6N6O2S/c1-30(45)6-2-8-43(14-30)28-18-10-20(32(36,37)38)23(17-4-5-21(34)26-22(17)19(12-39)27(40)47-26)24(35)25(18)41-29(42-28)46-15-31-7-3-9-44(31)13-16(33)11-31/h4-5,10,16,45H,2-3,6-9,11,13-15,40H2,1H3/t16-,30-,31+/m1/s1. The predicted octanol–water partition coefficient (Wildman–Crippen LogP) is 6.57. The molecule has 3 aliphatic rings. The lowest BCUT2D eigenvalue weighted by molar-refractivity contribution is -0.137. The van der Waals surface area contributed by atoms with Crippen LogP contribution in [0.15, 0.2) is 18.2 Å². The number of β-amino-alcohol motifs (C(OH)–C–C–N with tert-alkyl or cyclic N) is 1. The zero-order valence-corrected chi connectivity index (χ0v) is 26.0. The van der Waals surface area contributed by atoms with Gasteiger partial charge in [0, 0.05) is 42.4 Å². The molecule has 8 nitrogen and oxygen atoms in total. The van der Waals surface area contributed by atoms with Gasteiger partial charge in [0.05, 0.1) is 27.0 Å². The molecule has 0 bridgehead atoms. The number of rotatable bonds is 5. The Morgan fingerprint density at radius 2 is 1.96 bits per heavy atom. The first-order valence-electron chi connectivity index (χ1n) is 15.2. The van der Waals surface area contributed by atoms with Gasteiger partial charge in [-0.1, -0.05) is 6.07 Å². The van der Waals surface area contributed by atoms with Crippen LogP contribution in [0.1, 0.15) is 50.2 Å². The first kappa shape index (κ1) is 31.7. The predicted molar refractivity (Wildman–Crippen MR) is 165 cm³/mol. The van der Waals surface area contributed by atoms with E-state index in [0.29, 0.717) is 43.7 Å². The van der Waals surface area contributed by atoms with Gasteiger partial charge < -0.3 is 20.5 Å². The first-order valence-corrected chi connectivity index (χ1v) is 16.0. The second-order valence-corrected chi connectivity index (χ2v) is 14.0. The molecule has 2 aromatic heterocycles. The molecule has 7 rings (SSSR count). The Kier molecular flexibility index (Phi) is 7.49. The van der Waals surface area contributed by atoms with Gasteiger partial charge in [-0.05, 0) is 56.8 Å². The van der Waals surface area contributed by atoms with Crippen LogP contribution in [-0.2, 0) is 6.18 Å².